The molecule has 3 rings (SSSR count). The second kappa shape index (κ2) is 11.2. The first-order valence-electron chi connectivity index (χ1n) is 10.5. The Bertz CT molecular complexity index is 702. The summed E-state index contributed by atoms with van der Waals surface area (Å²) in [5.41, 5.74) is 2.05. The quantitative estimate of drug-likeness (QED) is 0.347. The van der Waals surface area contributed by atoms with Gasteiger partial charge in [-0.1, -0.05) is 26.0 Å². The number of nitrogens with one attached hydrogen (secondary N) is 2. The molecule has 1 aromatic rings. The van der Waals surface area contributed by atoms with Gasteiger partial charge in [0.15, 0.2) is 5.96 Å². The lowest BCUT2D eigenvalue weighted by atomic mass is 9.93. The van der Waals surface area contributed by atoms with Gasteiger partial charge in [0, 0.05) is 38.3 Å². The highest BCUT2D eigenvalue weighted by atomic mass is 127. The van der Waals surface area contributed by atoms with Crippen molar-refractivity contribution in [3.63, 3.8) is 0 Å². The third-order valence-electron chi connectivity index (χ3n) is 5.43. The Morgan fingerprint density at radius 2 is 2.17 bits per heavy atom. The lowest BCUT2D eigenvalue weighted by Crippen LogP contribution is -2.40. The summed E-state index contributed by atoms with van der Waals surface area (Å²) in [6.45, 7) is 11.5. The number of ether oxygens (including phenoxy) is 1. The fraction of sp³-hybridized carbons (Fsp3) is 0.636. The molecule has 2 aliphatic rings. The fourth-order valence-electron chi connectivity index (χ4n) is 3.81. The van der Waals surface area contributed by atoms with E-state index in [2.05, 4.69) is 36.3 Å². The van der Waals surface area contributed by atoms with Gasteiger partial charge in [-0.3, -0.25) is 4.79 Å². The van der Waals surface area contributed by atoms with E-state index in [1.165, 1.54) is 6.42 Å². The van der Waals surface area contributed by atoms with Crippen LogP contribution < -0.4 is 10.6 Å². The molecule has 0 spiro atoms. The molecule has 2 N–H and O–H groups in total. The monoisotopic (exact) mass is 514 g/mol. The third kappa shape index (κ3) is 7.13. The average Bonchev–Trinajstić information content (AvgIpc) is 3.32. The number of nitrogens with zero attached hydrogens (tertiary/aromatic N) is 2. The number of amides is 1. The Hall–Kier alpha value is -1.35. The summed E-state index contributed by atoms with van der Waals surface area (Å²) < 4.78 is 5.57. The van der Waals surface area contributed by atoms with Crippen LogP contribution in [0, 0.1) is 5.41 Å². The molecule has 1 aromatic carbocycles. The third-order valence-corrected chi connectivity index (χ3v) is 5.43. The van der Waals surface area contributed by atoms with Crippen LogP contribution in [-0.4, -0.2) is 55.7 Å². The maximum Gasteiger partial charge on any atom is 0.251 e. The van der Waals surface area contributed by atoms with Crippen LogP contribution in [0.4, 0.5) is 0 Å². The maximum absolute atomic E-state index is 12.5. The molecule has 2 fully saturated rings. The van der Waals surface area contributed by atoms with Crippen molar-refractivity contribution in [1.82, 2.24) is 15.5 Å². The highest BCUT2D eigenvalue weighted by molar-refractivity contribution is 14.0. The van der Waals surface area contributed by atoms with Gasteiger partial charge in [-0.25, -0.2) is 4.99 Å². The Labute approximate surface area is 191 Å². The van der Waals surface area contributed by atoms with Crippen LogP contribution in [0.2, 0.25) is 0 Å². The molecular formula is C22H35IN4O2. The lowest BCUT2D eigenvalue weighted by molar-refractivity contribution is 0.0857. The van der Waals surface area contributed by atoms with Gasteiger partial charge in [-0.15, -0.1) is 24.0 Å². The number of halogens is 1. The minimum absolute atomic E-state index is 0. The first-order valence-corrected chi connectivity index (χ1v) is 10.5. The molecular weight excluding hydrogens is 479 g/mol. The van der Waals surface area contributed by atoms with Crippen molar-refractivity contribution in [3.8, 4) is 0 Å². The molecule has 1 unspecified atom stereocenters. The van der Waals surface area contributed by atoms with Crippen LogP contribution in [0.3, 0.4) is 0 Å². The molecule has 0 aliphatic carbocycles. The van der Waals surface area contributed by atoms with Gasteiger partial charge in [0.05, 0.1) is 12.6 Å². The van der Waals surface area contributed by atoms with Crippen LogP contribution in [0.5, 0.6) is 0 Å². The number of carbonyl (C=O) groups is 1. The summed E-state index contributed by atoms with van der Waals surface area (Å²) in [5, 5.41) is 6.39. The van der Waals surface area contributed by atoms with Crippen LogP contribution in [-0.2, 0) is 11.3 Å². The molecule has 1 atom stereocenters. The fourth-order valence-corrected chi connectivity index (χ4v) is 3.81. The smallest absolute Gasteiger partial charge is 0.251 e. The van der Waals surface area contributed by atoms with Crippen molar-refractivity contribution in [2.45, 2.75) is 52.7 Å². The summed E-state index contributed by atoms with van der Waals surface area (Å²) in [4.78, 5) is 19.6. The molecule has 6 nitrogen and oxygen atoms in total. The van der Waals surface area contributed by atoms with Gasteiger partial charge in [0.2, 0.25) is 0 Å². The number of guanidine groups is 1. The molecule has 0 radical (unpaired) electrons. The predicted octanol–water partition coefficient (Wildman–Crippen LogP) is 3.41. The molecule has 2 heterocycles. The summed E-state index contributed by atoms with van der Waals surface area (Å²) in [5.74, 6) is 0.913. The Morgan fingerprint density at radius 3 is 2.83 bits per heavy atom. The molecule has 0 aromatic heterocycles. The van der Waals surface area contributed by atoms with Gasteiger partial charge in [-0.2, -0.15) is 0 Å². The molecule has 2 aliphatic heterocycles. The number of hydrogen-bond acceptors (Lipinski definition) is 3. The zero-order valence-corrected chi connectivity index (χ0v) is 20.2. The van der Waals surface area contributed by atoms with E-state index in [-0.39, 0.29) is 36.0 Å². The number of carbonyl (C=O) groups excluding carboxylic acids is 1. The summed E-state index contributed by atoms with van der Waals surface area (Å²) in [6, 6.07) is 7.74. The molecule has 0 bridgehead atoms. The second-order valence-corrected chi connectivity index (χ2v) is 8.55. The molecule has 0 saturated carbocycles. The first kappa shape index (κ1) is 23.9. The normalized spacial score (nSPS) is 21.0. The number of benzene rings is 1. The summed E-state index contributed by atoms with van der Waals surface area (Å²) in [6.07, 6.45) is 3.44. The van der Waals surface area contributed by atoms with Crippen molar-refractivity contribution in [1.29, 1.82) is 0 Å². The van der Waals surface area contributed by atoms with Gasteiger partial charge in [0.25, 0.3) is 5.91 Å². The van der Waals surface area contributed by atoms with Gasteiger partial charge < -0.3 is 20.3 Å². The van der Waals surface area contributed by atoms with Crippen LogP contribution >= 0.6 is 24.0 Å². The first-order chi connectivity index (χ1) is 13.5. The zero-order valence-electron chi connectivity index (χ0n) is 17.9. The molecule has 162 valence electrons. The van der Waals surface area contributed by atoms with Crippen molar-refractivity contribution in [3.05, 3.63) is 35.4 Å². The number of likely N-dealkylation sites (tertiary alicyclic amines) is 1. The van der Waals surface area contributed by atoms with E-state index in [0.29, 0.717) is 24.1 Å². The summed E-state index contributed by atoms with van der Waals surface area (Å²) >= 11 is 0. The van der Waals surface area contributed by atoms with Gasteiger partial charge in [-0.05, 0) is 49.3 Å². The van der Waals surface area contributed by atoms with E-state index >= 15 is 0 Å². The van der Waals surface area contributed by atoms with E-state index in [4.69, 9.17) is 9.73 Å². The minimum atomic E-state index is -0.0467. The number of rotatable bonds is 6. The van der Waals surface area contributed by atoms with Crippen LogP contribution in [0.25, 0.3) is 0 Å². The molecule has 2 saturated heterocycles. The average molecular weight is 514 g/mol. The zero-order chi connectivity index (χ0) is 20.0. The van der Waals surface area contributed by atoms with Crippen molar-refractivity contribution < 1.29 is 9.53 Å². The Kier molecular flexibility index (Phi) is 9.20. The largest absolute Gasteiger partial charge is 0.376 e. The molecule has 1 amide bonds. The van der Waals surface area contributed by atoms with Crippen molar-refractivity contribution in [2.75, 3.05) is 32.8 Å². The van der Waals surface area contributed by atoms with Crippen LogP contribution in [0.15, 0.2) is 29.3 Å². The maximum atomic E-state index is 12.5. The van der Waals surface area contributed by atoms with E-state index in [1.807, 2.05) is 24.3 Å². The second-order valence-electron chi connectivity index (χ2n) is 8.55. The molecule has 7 heteroatoms. The van der Waals surface area contributed by atoms with Crippen LogP contribution in [0.1, 0.15) is 56.0 Å². The predicted molar refractivity (Wildman–Crippen MR) is 128 cm³/mol. The topological polar surface area (TPSA) is 66.0 Å². The standard InChI is InChI=1S/C22H34N4O2.HI/c1-4-23-21(26-11-10-22(2,3)16-26)25-14-17-7-5-8-18(13-17)20(27)24-15-19-9-6-12-28-19;/h5,7-8,13,19H,4,6,9-12,14-16H2,1-3H3,(H,23,25)(H,24,27);1H. The van der Waals surface area contributed by atoms with E-state index < -0.39 is 0 Å². The highest BCUT2D eigenvalue weighted by Gasteiger charge is 2.30. The van der Waals surface area contributed by atoms with Crippen molar-refractivity contribution >= 4 is 35.8 Å². The molecule has 29 heavy (non-hydrogen) atoms. The summed E-state index contributed by atoms with van der Waals surface area (Å²) in [7, 11) is 0. The Morgan fingerprint density at radius 1 is 1.34 bits per heavy atom. The van der Waals surface area contributed by atoms with E-state index in [9.17, 15) is 4.79 Å². The van der Waals surface area contributed by atoms with Crippen molar-refractivity contribution in [2.24, 2.45) is 10.4 Å². The van der Waals surface area contributed by atoms with E-state index in [0.717, 1.165) is 50.6 Å². The van der Waals surface area contributed by atoms with E-state index in [1.54, 1.807) is 0 Å². The SMILES string of the molecule is CCNC(=NCc1cccc(C(=O)NCC2CCCO2)c1)N1CCC(C)(C)C1.I. The number of aliphatic imine (C=N–C) groups is 1. The Balaban J connectivity index is 0.00000300. The lowest BCUT2D eigenvalue weighted by Gasteiger charge is -2.23. The van der Waals surface area contributed by atoms with Gasteiger partial charge >= 0.3 is 0 Å². The van der Waals surface area contributed by atoms with Gasteiger partial charge in [0.1, 0.15) is 0 Å². The minimum Gasteiger partial charge on any atom is -0.376 e. The highest BCUT2D eigenvalue weighted by Crippen LogP contribution is 2.28. The number of hydrogen-bond donors (Lipinski definition) is 2.